The molecular formula is C19H22FNO3. The summed E-state index contributed by atoms with van der Waals surface area (Å²) in [6.07, 6.45) is -0.436. The number of carbonyl (C=O) groups excluding carboxylic acids is 1. The molecule has 5 heteroatoms. The van der Waals surface area contributed by atoms with Gasteiger partial charge in [0.05, 0.1) is 13.2 Å². The standard InChI is InChI=1S/C19H22FNO3/c1-12-4-5-15(11-18(12)24-3)19(23)21-13(2)10-17(22)14-6-8-16(20)9-7-14/h4-9,11,13,17,22H,10H2,1-3H3,(H,21,23). The minimum atomic E-state index is -0.770. The van der Waals surface area contributed by atoms with Crippen molar-refractivity contribution in [3.05, 3.63) is 65.0 Å². The van der Waals surface area contributed by atoms with E-state index in [-0.39, 0.29) is 17.8 Å². The predicted octanol–water partition coefficient (Wildman–Crippen LogP) is 3.38. The largest absolute Gasteiger partial charge is 0.496 e. The molecule has 0 aliphatic heterocycles. The van der Waals surface area contributed by atoms with Crippen LogP contribution in [-0.2, 0) is 0 Å². The summed E-state index contributed by atoms with van der Waals surface area (Å²) in [7, 11) is 1.56. The summed E-state index contributed by atoms with van der Waals surface area (Å²) in [5, 5.41) is 13.0. The lowest BCUT2D eigenvalue weighted by molar-refractivity contribution is 0.0916. The maximum Gasteiger partial charge on any atom is 0.251 e. The van der Waals surface area contributed by atoms with E-state index in [1.807, 2.05) is 19.9 Å². The van der Waals surface area contributed by atoms with E-state index in [0.29, 0.717) is 23.3 Å². The number of halogens is 1. The number of aliphatic hydroxyl groups excluding tert-OH is 1. The number of nitrogens with one attached hydrogen (secondary N) is 1. The highest BCUT2D eigenvalue weighted by Gasteiger charge is 2.16. The fraction of sp³-hybridized carbons (Fsp3) is 0.316. The van der Waals surface area contributed by atoms with E-state index >= 15 is 0 Å². The normalized spacial score (nSPS) is 13.2. The van der Waals surface area contributed by atoms with Crippen LogP contribution in [0.4, 0.5) is 4.39 Å². The van der Waals surface area contributed by atoms with Crippen LogP contribution in [0.2, 0.25) is 0 Å². The summed E-state index contributed by atoms with van der Waals surface area (Å²) >= 11 is 0. The molecule has 0 saturated carbocycles. The maximum atomic E-state index is 12.9. The number of carbonyl (C=O) groups is 1. The van der Waals surface area contributed by atoms with Crippen LogP contribution in [0.1, 0.15) is 40.9 Å². The van der Waals surface area contributed by atoms with Crippen molar-refractivity contribution in [2.75, 3.05) is 7.11 Å². The first-order valence-corrected chi connectivity index (χ1v) is 7.79. The van der Waals surface area contributed by atoms with Gasteiger partial charge in [-0.3, -0.25) is 4.79 Å². The Morgan fingerprint density at radius 1 is 1.25 bits per heavy atom. The maximum absolute atomic E-state index is 12.9. The second-order valence-electron chi connectivity index (χ2n) is 5.86. The van der Waals surface area contributed by atoms with E-state index < -0.39 is 6.10 Å². The molecule has 2 aromatic rings. The molecule has 2 rings (SSSR count). The lowest BCUT2D eigenvalue weighted by Crippen LogP contribution is -2.33. The molecule has 0 radical (unpaired) electrons. The molecule has 0 aliphatic rings. The number of benzene rings is 2. The van der Waals surface area contributed by atoms with Crippen molar-refractivity contribution in [1.29, 1.82) is 0 Å². The fourth-order valence-electron chi connectivity index (χ4n) is 2.48. The van der Waals surface area contributed by atoms with Crippen molar-refractivity contribution in [3.63, 3.8) is 0 Å². The predicted molar refractivity (Wildman–Crippen MR) is 90.6 cm³/mol. The molecule has 2 N–H and O–H groups in total. The van der Waals surface area contributed by atoms with Gasteiger partial charge < -0.3 is 15.2 Å². The molecule has 2 atom stereocenters. The second kappa shape index (κ2) is 7.93. The molecule has 0 spiro atoms. The third-order valence-corrected chi connectivity index (χ3v) is 3.88. The molecule has 1 amide bonds. The van der Waals surface area contributed by atoms with E-state index in [0.717, 1.165) is 5.56 Å². The van der Waals surface area contributed by atoms with Gasteiger partial charge in [-0.1, -0.05) is 18.2 Å². The monoisotopic (exact) mass is 331 g/mol. The van der Waals surface area contributed by atoms with Crippen LogP contribution in [0, 0.1) is 12.7 Å². The Morgan fingerprint density at radius 3 is 2.54 bits per heavy atom. The third kappa shape index (κ3) is 4.55. The highest BCUT2D eigenvalue weighted by Crippen LogP contribution is 2.21. The molecular weight excluding hydrogens is 309 g/mol. The molecule has 0 heterocycles. The number of ether oxygens (including phenoxy) is 1. The average molecular weight is 331 g/mol. The Bertz CT molecular complexity index is 700. The first-order chi connectivity index (χ1) is 11.4. The zero-order valence-electron chi connectivity index (χ0n) is 14.0. The fourth-order valence-corrected chi connectivity index (χ4v) is 2.48. The van der Waals surface area contributed by atoms with Crippen LogP contribution in [0.3, 0.4) is 0 Å². The number of hydrogen-bond donors (Lipinski definition) is 2. The quantitative estimate of drug-likeness (QED) is 0.853. The van der Waals surface area contributed by atoms with Crippen LogP contribution in [-0.4, -0.2) is 24.2 Å². The van der Waals surface area contributed by atoms with Crippen LogP contribution < -0.4 is 10.1 Å². The van der Waals surface area contributed by atoms with Gasteiger partial charge in [-0.25, -0.2) is 4.39 Å². The topological polar surface area (TPSA) is 58.6 Å². The Morgan fingerprint density at radius 2 is 1.92 bits per heavy atom. The lowest BCUT2D eigenvalue weighted by atomic mass is 10.0. The summed E-state index contributed by atoms with van der Waals surface area (Å²) in [6.45, 7) is 3.72. The smallest absolute Gasteiger partial charge is 0.251 e. The number of aryl methyl sites for hydroxylation is 1. The number of rotatable bonds is 6. The summed E-state index contributed by atoms with van der Waals surface area (Å²) in [5.41, 5.74) is 2.07. The third-order valence-electron chi connectivity index (χ3n) is 3.88. The molecule has 4 nitrogen and oxygen atoms in total. The van der Waals surface area contributed by atoms with Gasteiger partial charge >= 0.3 is 0 Å². The first kappa shape index (κ1) is 17.9. The highest BCUT2D eigenvalue weighted by molar-refractivity contribution is 5.94. The lowest BCUT2D eigenvalue weighted by Gasteiger charge is -2.18. The van der Waals surface area contributed by atoms with Crippen molar-refractivity contribution in [1.82, 2.24) is 5.32 Å². The summed E-state index contributed by atoms with van der Waals surface area (Å²) in [5.74, 6) is 0.0781. The Balaban J connectivity index is 1.97. The van der Waals surface area contributed by atoms with Crippen LogP contribution in [0.5, 0.6) is 5.75 Å². The van der Waals surface area contributed by atoms with E-state index in [2.05, 4.69) is 5.32 Å². The Labute approximate surface area is 141 Å². The molecule has 24 heavy (non-hydrogen) atoms. The van der Waals surface area contributed by atoms with Gasteiger partial charge in [-0.05, 0) is 55.7 Å². The molecule has 0 bridgehead atoms. The van der Waals surface area contributed by atoms with E-state index in [9.17, 15) is 14.3 Å². The molecule has 0 saturated heterocycles. The summed E-state index contributed by atoms with van der Waals surface area (Å²) in [6, 6.07) is 10.7. The van der Waals surface area contributed by atoms with E-state index in [1.165, 1.54) is 12.1 Å². The highest BCUT2D eigenvalue weighted by atomic mass is 19.1. The van der Waals surface area contributed by atoms with Crippen molar-refractivity contribution in [2.24, 2.45) is 0 Å². The van der Waals surface area contributed by atoms with Crippen molar-refractivity contribution in [3.8, 4) is 5.75 Å². The van der Waals surface area contributed by atoms with Gasteiger partial charge in [0, 0.05) is 11.6 Å². The van der Waals surface area contributed by atoms with Crippen molar-refractivity contribution in [2.45, 2.75) is 32.4 Å². The van der Waals surface area contributed by atoms with Crippen molar-refractivity contribution >= 4 is 5.91 Å². The van der Waals surface area contributed by atoms with Gasteiger partial charge in [0.15, 0.2) is 0 Å². The second-order valence-corrected chi connectivity index (χ2v) is 5.86. The number of amides is 1. The van der Waals surface area contributed by atoms with Gasteiger partial charge in [-0.2, -0.15) is 0 Å². The minimum Gasteiger partial charge on any atom is -0.496 e. The summed E-state index contributed by atoms with van der Waals surface area (Å²) < 4.78 is 18.1. The van der Waals surface area contributed by atoms with Crippen LogP contribution >= 0.6 is 0 Å². The van der Waals surface area contributed by atoms with Gasteiger partial charge in [0.1, 0.15) is 11.6 Å². The number of aliphatic hydroxyl groups is 1. The SMILES string of the molecule is COc1cc(C(=O)NC(C)CC(O)c2ccc(F)cc2)ccc1C. The molecule has 0 fully saturated rings. The zero-order valence-corrected chi connectivity index (χ0v) is 14.0. The average Bonchev–Trinajstić information content (AvgIpc) is 2.55. The van der Waals surface area contributed by atoms with Gasteiger partial charge in [-0.15, -0.1) is 0 Å². The molecule has 2 aromatic carbocycles. The zero-order chi connectivity index (χ0) is 17.7. The first-order valence-electron chi connectivity index (χ1n) is 7.79. The molecule has 0 aliphatic carbocycles. The van der Waals surface area contributed by atoms with Crippen molar-refractivity contribution < 1.29 is 19.0 Å². The van der Waals surface area contributed by atoms with Gasteiger partial charge in [0.25, 0.3) is 5.91 Å². The van der Waals surface area contributed by atoms with Crippen LogP contribution in [0.15, 0.2) is 42.5 Å². The van der Waals surface area contributed by atoms with E-state index in [1.54, 1.807) is 31.4 Å². The number of methoxy groups -OCH3 is 1. The molecule has 128 valence electrons. The van der Waals surface area contributed by atoms with Crippen LogP contribution in [0.25, 0.3) is 0 Å². The summed E-state index contributed by atoms with van der Waals surface area (Å²) in [4.78, 5) is 12.3. The van der Waals surface area contributed by atoms with Gasteiger partial charge in [0.2, 0.25) is 0 Å². The minimum absolute atomic E-state index is 0.230. The molecule has 0 aromatic heterocycles. The Hall–Kier alpha value is -2.40. The Kier molecular flexibility index (Phi) is 5.93. The number of hydrogen-bond acceptors (Lipinski definition) is 3. The van der Waals surface area contributed by atoms with E-state index in [4.69, 9.17) is 4.74 Å². The molecule has 2 unspecified atom stereocenters.